The van der Waals surface area contributed by atoms with E-state index in [1.54, 1.807) is 38.2 Å². The van der Waals surface area contributed by atoms with Crippen molar-refractivity contribution in [1.82, 2.24) is 25.3 Å². The van der Waals surface area contributed by atoms with Crippen LogP contribution in [0.2, 0.25) is 0 Å². The maximum atomic E-state index is 14.3. The minimum absolute atomic E-state index is 0.00104. The summed E-state index contributed by atoms with van der Waals surface area (Å²) in [5.41, 5.74) is 1.08. The number of carbonyl (C=O) groups excluding carboxylic acids is 4. The molecule has 0 spiro atoms. The van der Waals surface area contributed by atoms with E-state index in [0.717, 1.165) is 24.8 Å². The highest BCUT2D eigenvalue weighted by Crippen LogP contribution is 2.42. The lowest BCUT2D eigenvalue weighted by atomic mass is 9.89. The Morgan fingerprint density at radius 3 is 2.25 bits per heavy atom. The first kappa shape index (κ1) is 45.0. The number of methoxy groups -OCH3 is 3. The molecule has 14 nitrogen and oxygen atoms in total. The molecule has 0 radical (unpaired) electrons. The molecular weight excluding hydrogens is 718 g/mol. The third-order valence-corrected chi connectivity index (χ3v) is 12.6. The fraction of sp³-hybridized carbons (Fsp3) is 0.738. The van der Waals surface area contributed by atoms with Gasteiger partial charge >= 0.3 is 6.09 Å². The van der Waals surface area contributed by atoms with Gasteiger partial charge in [-0.1, -0.05) is 71.4 Å². The van der Waals surface area contributed by atoms with Crippen molar-refractivity contribution in [3.8, 4) is 0 Å². The molecule has 0 aromatic heterocycles. The van der Waals surface area contributed by atoms with Gasteiger partial charge in [0.05, 0.1) is 49.3 Å². The average Bonchev–Trinajstić information content (AvgIpc) is 3.94. The van der Waals surface area contributed by atoms with Crippen molar-refractivity contribution in [1.29, 1.82) is 0 Å². The lowest BCUT2D eigenvalue weighted by molar-refractivity contribution is -0.148. The zero-order valence-electron chi connectivity index (χ0n) is 34.9. The molecule has 2 bridgehead atoms. The quantitative estimate of drug-likeness (QED) is 0.178. The van der Waals surface area contributed by atoms with Gasteiger partial charge in [-0.25, -0.2) is 4.79 Å². The average molecular weight is 786 g/mol. The van der Waals surface area contributed by atoms with Gasteiger partial charge in [0.1, 0.15) is 12.1 Å². The van der Waals surface area contributed by atoms with Crippen molar-refractivity contribution in [3.05, 3.63) is 35.9 Å². The molecule has 3 aliphatic rings. The molecule has 3 unspecified atom stereocenters. The smallest absolute Gasteiger partial charge is 0.408 e. The van der Waals surface area contributed by atoms with E-state index in [9.17, 15) is 29.1 Å². The van der Waals surface area contributed by atoms with Gasteiger partial charge in [0, 0.05) is 41.0 Å². The number of carbonyl (C=O) groups is 5. The summed E-state index contributed by atoms with van der Waals surface area (Å²) in [6.45, 7) is 10.4. The Labute approximate surface area is 333 Å². The van der Waals surface area contributed by atoms with Crippen molar-refractivity contribution < 1.29 is 43.3 Å². The molecule has 1 saturated carbocycles. The molecule has 3 N–H and O–H groups in total. The van der Waals surface area contributed by atoms with E-state index in [0.29, 0.717) is 38.8 Å². The van der Waals surface area contributed by atoms with Crippen molar-refractivity contribution in [2.75, 3.05) is 41.5 Å². The second-order valence-corrected chi connectivity index (χ2v) is 16.5. The van der Waals surface area contributed by atoms with Crippen LogP contribution in [0.4, 0.5) is 4.79 Å². The number of ether oxygens (including phenoxy) is 3. The predicted molar refractivity (Wildman–Crippen MR) is 212 cm³/mol. The SMILES string of the molecule is CC[C@H](C)[C@@H]([C@@H](CC(=O)N1CCCC1[C@H](OC)[C@@H](C)C(=O)NC(COC)Cc1ccccc1)OC)N(C)C(=O)C(NC(=O)[C@@H]1[C@H]2CC[C@H](C2)N1C(=O)O)C(C)C. The second kappa shape index (κ2) is 20.6. The van der Waals surface area contributed by atoms with Crippen molar-refractivity contribution in [2.24, 2.45) is 23.7 Å². The normalized spacial score (nSPS) is 24.2. The zero-order chi connectivity index (χ0) is 41.3. The third kappa shape index (κ3) is 10.4. The molecule has 11 atom stereocenters. The number of hydrogen-bond donors (Lipinski definition) is 3. The topological polar surface area (TPSA) is 167 Å². The van der Waals surface area contributed by atoms with Crippen LogP contribution >= 0.6 is 0 Å². The van der Waals surface area contributed by atoms with Crippen LogP contribution in [0.3, 0.4) is 0 Å². The molecule has 2 saturated heterocycles. The van der Waals surface area contributed by atoms with Crippen LogP contribution in [0.5, 0.6) is 0 Å². The van der Waals surface area contributed by atoms with E-state index in [4.69, 9.17) is 14.2 Å². The maximum absolute atomic E-state index is 14.3. The number of likely N-dealkylation sites (N-methyl/N-ethyl adjacent to an activating group) is 1. The summed E-state index contributed by atoms with van der Waals surface area (Å²) in [6, 6.07) is 6.93. The fourth-order valence-electron chi connectivity index (χ4n) is 9.46. The van der Waals surface area contributed by atoms with E-state index < -0.39 is 48.3 Å². The van der Waals surface area contributed by atoms with Gasteiger partial charge in [-0.05, 0) is 61.8 Å². The lowest BCUT2D eigenvalue weighted by Crippen LogP contribution is -2.60. The molecule has 314 valence electrons. The summed E-state index contributed by atoms with van der Waals surface area (Å²) >= 11 is 0. The largest absolute Gasteiger partial charge is 0.465 e. The number of rotatable bonds is 20. The molecule has 1 aromatic rings. The number of carboxylic acid groups (broad SMARTS) is 1. The summed E-state index contributed by atoms with van der Waals surface area (Å²) in [4.78, 5) is 72.7. The number of nitrogens with zero attached hydrogens (tertiary/aromatic N) is 3. The standard InChI is InChI=1S/C42H67N5O9/c1-10-26(4)36(45(6)41(51)35(25(2)3)44-40(50)37-29-18-19-31(22-29)47(37)42(52)53)33(55-8)23-34(48)46-20-14-17-32(46)38(56-9)27(5)39(49)43-30(24-54-7)21-28-15-12-11-13-16-28/h11-13,15-16,25-27,29-33,35-38H,10,14,17-24H2,1-9H3,(H,43,49)(H,44,50)(H,52,53)/t26-,27+,29-,30?,31+,32?,33+,35?,36-,37-,38+/m0/s1. The minimum Gasteiger partial charge on any atom is -0.465 e. The Morgan fingerprint density at radius 1 is 0.964 bits per heavy atom. The Bertz CT molecular complexity index is 1480. The second-order valence-electron chi connectivity index (χ2n) is 16.5. The maximum Gasteiger partial charge on any atom is 0.408 e. The molecule has 3 fully saturated rings. The first-order valence-electron chi connectivity index (χ1n) is 20.4. The summed E-state index contributed by atoms with van der Waals surface area (Å²) < 4.78 is 17.4. The van der Waals surface area contributed by atoms with Gasteiger partial charge in [-0.2, -0.15) is 0 Å². The molecule has 1 aromatic carbocycles. The highest BCUT2D eigenvalue weighted by Gasteiger charge is 2.52. The zero-order valence-corrected chi connectivity index (χ0v) is 34.9. The Hall–Kier alpha value is -3.75. The molecular formula is C42H67N5O9. The van der Waals surface area contributed by atoms with Crippen LogP contribution in [0, 0.1) is 23.7 Å². The highest BCUT2D eigenvalue weighted by molar-refractivity contribution is 5.92. The summed E-state index contributed by atoms with van der Waals surface area (Å²) in [5, 5.41) is 16.0. The molecule has 4 rings (SSSR count). The highest BCUT2D eigenvalue weighted by atomic mass is 16.5. The summed E-state index contributed by atoms with van der Waals surface area (Å²) in [5.74, 6) is -2.08. The van der Waals surface area contributed by atoms with Crippen LogP contribution in [-0.2, 0) is 39.8 Å². The first-order valence-corrected chi connectivity index (χ1v) is 20.4. The van der Waals surface area contributed by atoms with Gasteiger partial charge in [0.25, 0.3) is 0 Å². The van der Waals surface area contributed by atoms with E-state index in [2.05, 4.69) is 10.6 Å². The van der Waals surface area contributed by atoms with Gasteiger partial charge in [-0.3, -0.25) is 24.1 Å². The van der Waals surface area contributed by atoms with Crippen LogP contribution in [-0.4, -0.2) is 140 Å². The molecule has 2 heterocycles. The number of amides is 5. The van der Waals surface area contributed by atoms with Crippen molar-refractivity contribution in [3.63, 3.8) is 0 Å². The van der Waals surface area contributed by atoms with Crippen molar-refractivity contribution >= 4 is 29.7 Å². The van der Waals surface area contributed by atoms with Gasteiger partial charge in [0.2, 0.25) is 23.6 Å². The van der Waals surface area contributed by atoms with E-state index in [-0.39, 0.29) is 60.0 Å². The van der Waals surface area contributed by atoms with Crippen molar-refractivity contribution in [2.45, 2.75) is 134 Å². The molecule has 56 heavy (non-hydrogen) atoms. The summed E-state index contributed by atoms with van der Waals surface area (Å²) in [6.07, 6.45) is 2.59. The van der Waals surface area contributed by atoms with Crippen LogP contribution in [0.1, 0.15) is 85.1 Å². The number of nitrogens with one attached hydrogen (secondary N) is 2. The predicted octanol–water partition coefficient (Wildman–Crippen LogP) is 3.95. The van der Waals surface area contributed by atoms with Crippen LogP contribution < -0.4 is 10.6 Å². The molecule has 1 aliphatic carbocycles. The molecule has 14 heteroatoms. The Balaban J connectivity index is 1.46. The Kier molecular flexibility index (Phi) is 16.5. The molecule has 2 aliphatic heterocycles. The lowest BCUT2D eigenvalue weighted by Gasteiger charge is -2.41. The van der Waals surface area contributed by atoms with Crippen LogP contribution in [0.25, 0.3) is 0 Å². The number of piperidine rings is 1. The van der Waals surface area contributed by atoms with E-state index >= 15 is 0 Å². The van der Waals surface area contributed by atoms with Gasteiger partial charge < -0.3 is 39.8 Å². The number of benzene rings is 1. The number of hydrogen-bond acceptors (Lipinski definition) is 8. The molecule has 5 amide bonds. The van der Waals surface area contributed by atoms with E-state index in [1.807, 2.05) is 65.0 Å². The Morgan fingerprint density at radius 2 is 1.66 bits per heavy atom. The monoisotopic (exact) mass is 785 g/mol. The van der Waals surface area contributed by atoms with E-state index in [1.165, 1.54) is 4.90 Å². The summed E-state index contributed by atoms with van der Waals surface area (Å²) in [7, 11) is 6.41. The number of likely N-dealkylation sites (tertiary alicyclic amines) is 2. The number of fused-ring (bicyclic) bond motifs is 2. The first-order chi connectivity index (χ1) is 26.7. The third-order valence-electron chi connectivity index (χ3n) is 12.6. The fourth-order valence-corrected chi connectivity index (χ4v) is 9.46. The van der Waals surface area contributed by atoms with Crippen LogP contribution in [0.15, 0.2) is 30.3 Å². The minimum atomic E-state index is -1.12. The van der Waals surface area contributed by atoms with Gasteiger partial charge in [0.15, 0.2) is 0 Å². The van der Waals surface area contributed by atoms with Gasteiger partial charge in [-0.15, -0.1) is 0 Å².